The lowest BCUT2D eigenvalue weighted by molar-refractivity contribution is 0.197. The average molecular weight is 232 g/mol. The van der Waals surface area contributed by atoms with Crippen LogP contribution in [-0.2, 0) is 0 Å². The maximum absolute atomic E-state index is 10.7. The first-order valence-electron chi connectivity index (χ1n) is 6.13. The summed E-state index contributed by atoms with van der Waals surface area (Å²) in [5, 5.41) is 11.2. The molecule has 0 aromatic carbocycles. The normalized spacial score (nSPS) is 26.5. The summed E-state index contributed by atoms with van der Waals surface area (Å²) in [5.41, 5.74) is 3.47. The number of nitrogens with zero attached hydrogens (tertiary/aromatic N) is 1. The Morgan fingerprint density at radius 1 is 1.41 bits per heavy atom. The fourth-order valence-electron chi connectivity index (χ4n) is 3.08. The standard InChI is InChI=1S/C13H16N2O2/c16-13(17)14-11-5-4-9-2-1-3-10-6-7-15(8-11)12(9)10/h4-5,8,10,14H,1-3,6-7H2,(H,16,17). The van der Waals surface area contributed by atoms with Gasteiger partial charge in [0, 0.05) is 24.4 Å². The highest BCUT2D eigenvalue weighted by atomic mass is 16.4. The van der Waals surface area contributed by atoms with Gasteiger partial charge >= 0.3 is 6.09 Å². The summed E-state index contributed by atoms with van der Waals surface area (Å²) in [6.07, 6.45) is 9.72. The van der Waals surface area contributed by atoms with Crippen molar-refractivity contribution in [2.24, 2.45) is 5.92 Å². The van der Waals surface area contributed by atoms with Gasteiger partial charge in [0.1, 0.15) is 0 Å². The number of carbonyl (C=O) groups is 1. The van der Waals surface area contributed by atoms with Crippen molar-refractivity contribution in [3.63, 3.8) is 0 Å². The number of rotatable bonds is 1. The van der Waals surface area contributed by atoms with Crippen LogP contribution in [0.2, 0.25) is 0 Å². The molecule has 4 heteroatoms. The zero-order valence-electron chi connectivity index (χ0n) is 9.65. The van der Waals surface area contributed by atoms with Crippen LogP contribution in [0.4, 0.5) is 4.79 Å². The number of allylic oxidation sites excluding steroid dienone is 4. The highest BCUT2D eigenvalue weighted by Gasteiger charge is 2.32. The molecule has 2 N–H and O–H groups in total. The van der Waals surface area contributed by atoms with Crippen LogP contribution in [0.3, 0.4) is 0 Å². The van der Waals surface area contributed by atoms with Gasteiger partial charge in [-0.2, -0.15) is 0 Å². The Morgan fingerprint density at radius 2 is 2.29 bits per heavy atom. The maximum Gasteiger partial charge on any atom is 0.409 e. The van der Waals surface area contributed by atoms with Crippen LogP contribution in [0.15, 0.2) is 35.3 Å². The van der Waals surface area contributed by atoms with Crippen molar-refractivity contribution in [1.29, 1.82) is 0 Å². The summed E-state index contributed by atoms with van der Waals surface area (Å²) < 4.78 is 0. The fraction of sp³-hybridized carbons (Fsp3) is 0.462. The molecule has 2 heterocycles. The van der Waals surface area contributed by atoms with Gasteiger partial charge in [-0.05, 0) is 37.3 Å². The molecule has 0 saturated carbocycles. The SMILES string of the molecule is O=C(O)NC1=CN2CCC3CCCC(=C32)C=C1. The predicted molar refractivity (Wildman–Crippen MR) is 64.1 cm³/mol. The summed E-state index contributed by atoms with van der Waals surface area (Å²) in [5.74, 6) is 0.684. The summed E-state index contributed by atoms with van der Waals surface area (Å²) in [6.45, 7) is 1.01. The van der Waals surface area contributed by atoms with E-state index in [1.807, 2.05) is 12.3 Å². The molecule has 0 bridgehead atoms. The molecule has 0 aromatic heterocycles. The summed E-state index contributed by atoms with van der Waals surface area (Å²) >= 11 is 0. The van der Waals surface area contributed by atoms with Crippen LogP contribution in [-0.4, -0.2) is 22.6 Å². The van der Waals surface area contributed by atoms with Crippen LogP contribution < -0.4 is 5.32 Å². The van der Waals surface area contributed by atoms with Gasteiger partial charge in [-0.15, -0.1) is 0 Å². The average Bonchev–Trinajstić information content (AvgIpc) is 2.60. The minimum Gasteiger partial charge on any atom is -0.465 e. The lowest BCUT2D eigenvalue weighted by Gasteiger charge is -2.25. The second-order valence-electron chi connectivity index (χ2n) is 4.83. The topological polar surface area (TPSA) is 52.6 Å². The van der Waals surface area contributed by atoms with Gasteiger partial charge < -0.3 is 10.0 Å². The Kier molecular flexibility index (Phi) is 2.42. The molecule has 0 aromatic rings. The van der Waals surface area contributed by atoms with E-state index in [2.05, 4.69) is 16.3 Å². The van der Waals surface area contributed by atoms with E-state index in [1.54, 1.807) is 0 Å². The molecule has 0 radical (unpaired) electrons. The zero-order chi connectivity index (χ0) is 11.8. The van der Waals surface area contributed by atoms with Gasteiger partial charge in [0.2, 0.25) is 0 Å². The van der Waals surface area contributed by atoms with Crippen molar-refractivity contribution < 1.29 is 9.90 Å². The zero-order valence-corrected chi connectivity index (χ0v) is 9.65. The summed E-state index contributed by atoms with van der Waals surface area (Å²) in [7, 11) is 0. The van der Waals surface area contributed by atoms with Crippen molar-refractivity contribution in [3.8, 4) is 0 Å². The van der Waals surface area contributed by atoms with E-state index in [0.29, 0.717) is 11.6 Å². The Bertz CT molecular complexity index is 448. The fourth-order valence-corrected chi connectivity index (χ4v) is 3.08. The van der Waals surface area contributed by atoms with Gasteiger partial charge in [-0.25, -0.2) is 4.79 Å². The van der Waals surface area contributed by atoms with E-state index in [9.17, 15) is 4.79 Å². The predicted octanol–water partition coefficient (Wildman–Crippen LogP) is 2.43. The van der Waals surface area contributed by atoms with Gasteiger partial charge in [-0.3, -0.25) is 5.32 Å². The minimum atomic E-state index is -1.00. The monoisotopic (exact) mass is 232 g/mol. The molecule has 1 amide bonds. The van der Waals surface area contributed by atoms with Crippen LogP contribution in [0.5, 0.6) is 0 Å². The van der Waals surface area contributed by atoms with Crippen molar-refractivity contribution in [1.82, 2.24) is 10.2 Å². The number of carboxylic acid groups (broad SMARTS) is 1. The van der Waals surface area contributed by atoms with Gasteiger partial charge in [0.25, 0.3) is 0 Å². The van der Waals surface area contributed by atoms with E-state index < -0.39 is 6.09 Å². The van der Waals surface area contributed by atoms with Crippen LogP contribution >= 0.6 is 0 Å². The first-order chi connectivity index (χ1) is 8.24. The van der Waals surface area contributed by atoms with Gasteiger partial charge in [0.05, 0.1) is 5.70 Å². The first-order valence-corrected chi connectivity index (χ1v) is 6.13. The molecule has 1 fully saturated rings. The summed E-state index contributed by atoms with van der Waals surface area (Å²) in [4.78, 5) is 12.9. The molecule has 1 unspecified atom stereocenters. The molecule has 17 heavy (non-hydrogen) atoms. The van der Waals surface area contributed by atoms with E-state index >= 15 is 0 Å². The third kappa shape index (κ3) is 1.84. The molecule has 4 nitrogen and oxygen atoms in total. The highest BCUT2D eigenvalue weighted by Crippen LogP contribution is 2.41. The molecular formula is C13H16N2O2. The second kappa shape index (κ2) is 3.95. The van der Waals surface area contributed by atoms with E-state index in [4.69, 9.17) is 5.11 Å². The quantitative estimate of drug-likeness (QED) is 0.730. The van der Waals surface area contributed by atoms with Gasteiger partial charge in [-0.1, -0.05) is 6.08 Å². The molecular weight excluding hydrogens is 216 g/mol. The molecule has 3 rings (SSSR count). The molecule has 1 saturated heterocycles. The molecule has 3 aliphatic rings. The van der Waals surface area contributed by atoms with E-state index in [0.717, 1.165) is 13.0 Å². The smallest absolute Gasteiger partial charge is 0.409 e. The van der Waals surface area contributed by atoms with E-state index in [1.165, 1.54) is 30.5 Å². The Balaban J connectivity index is 1.93. The van der Waals surface area contributed by atoms with Crippen LogP contribution in [0.1, 0.15) is 25.7 Å². The molecule has 90 valence electrons. The van der Waals surface area contributed by atoms with Crippen LogP contribution in [0, 0.1) is 5.92 Å². The lowest BCUT2D eigenvalue weighted by atomic mass is 9.87. The Labute approximate surface area is 100 Å². The van der Waals surface area contributed by atoms with Crippen molar-refractivity contribution in [3.05, 3.63) is 35.3 Å². The lowest BCUT2D eigenvalue weighted by Crippen LogP contribution is -2.22. The van der Waals surface area contributed by atoms with Crippen LogP contribution in [0.25, 0.3) is 0 Å². The number of nitrogens with one attached hydrogen (secondary N) is 1. The van der Waals surface area contributed by atoms with Crippen molar-refractivity contribution in [2.45, 2.75) is 25.7 Å². The Hall–Kier alpha value is -1.71. The van der Waals surface area contributed by atoms with E-state index in [-0.39, 0.29) is 0 Å². The van der Waals surface area contributed by atoms with Gasteiger partial charge in [0.15, 0.2) is 0 Å². The first kappa shape index (κ1) is 10.4. The number of amides is 1. The summed E-state index contributed by atoms with van der Waals surface area (Å²) in [6, 6.07) is 0. The largest absolute Gasteiger partial charge is 0.465 e. The maximum atomic E-state index is 10.7. The highest BCUT2D eigenvalue weighted by molar-refractivity contribution is 5.68. The second-order valence-corrected chi connectivity index (χ2v) is 4.83. The molecule has 2 aliphatic heterocycles. The molecule has 0 spiro atoms. The third-order valence-corrected chi connectivity index (χ3v) is 3.75. The third-order valence-electron chi connectivity index (χ3n) is 3.75. The van der Waals surface area contributed by atoms with Crippen molar-refractivity contribution in [2.75, 3.05) is 6.54 Å². The number of hydrogen-bond acceptors (Lipinski definition) is 2. The number of hydrogen-bond donors (Lipinski definition) is 2. The molecule has 1 atom stereocenters. The Morgan fingerprint density at radius 3 is 3.12 bits per heavy atom. The van der Waals surface area contributed by atoms with Crippen molar-refractivity contribution >= 4 is 6.09 Å². The minimum absolute atomic E-state index is 0.660. The molecule has 1 aliphatic carbocycles.